The molecule has 0 aliphatic carbocycles. The molecule has 0 unspecified atom stereocenters. The van der Waals surface area contributed by atoms with Gasteiger partial charge < -0.3 is 21.3 Å². The van der Waals surface area contributed by atoms with Gasteiger partial charge in [0.1, 0.15) is 23.2 Å². The number of unbranched alkanes of at least 4 members (excludes halogenated alkanes) is 2. The van der Waals surface area contributed by atoms with Crippen molar-refractivity contribution in [1.29, 1.82) is 10.8 Å². The quantitative estimate of drug-likeness (QED) is 0.00982. The number of nitrogens with two attached hydrogens (primary N) is 2. The Morgan fingerprint density at radius 1 is 0.459 bits per heavy atom. The van der Waals surface area contributed by atoms with Crippen molar-refractivity contribution in [3.05, 3.63) is 210 Å². The normalized spacial score (nSPS) is 10.7. The molecule has 6 rings (SSSR count). The van der Waals surface area contributed by atoms with Gasteiger partial charge >= 0.3 is 250 Å². The minimum atomic E-state index is -0.181. The van der Waals surface area contributed by atoms with E-state index in [0.29, 0.717) is 73.3 Å². The Balaban J connectivity index is 0.000000311. The van der Waals surface area contributed by atoms with Gasteiger partial charge in [-0.25, -0.2) is 0 Å². The number of amidine groups is 2. The second-order valence-electron chi connectivity index (χ2n) is 20.3. The van der Waals surface area contributed by atoms with E-state index in [1.54, 1.807) is 70.5 Å². The summed E-state index contributed by atoms with van der Waals surface area (Å²) in [7, 11) is 0. The zero-order valence-electron chi connectivity index (χ0n) is 47.1. The zero-order valence-corrected chi connectivity index (χ0v) is 60.9. The molecule has 450 valence electrons. The second kappa shape index (κ2) is 39.6. The fraction of sp³-hybridized carbons (Fsp3) is 0.312. The summed E-state index contributed by atoms with van der Waals surface area (Å²) >= 11 is 20.5. The third-order valence-corrected chi connectivity index (χ3v) is 25.8. The molecule has 0 atom stereocenters. The molecule has 6 aromatic rings. The van der Waals surface area contributed by atoms with Crippen LogP contribution >= 0.6 is 75.0 Å². The van der Waals surface area contributed by atoms with Gasteiger partial charge in [-0.2, -0.15) is 0 Å². The van der Waals surface area contributed by atoms with Crippen LogP contribution in [0.3, 0.4) is 0 Å². The summed E-state index contributed by atoms with van der Waals surface area (Å²) in [6.45, 7) is 2.47. The van der Waals surface area contributed by atoms with Crippen LogP contribution in [0.25, 0.3) is 0 Å². The smallest absolute Gasteiger partial charge is 0.0460 e. The molecule has 0 saturated carbocycles. The topological polar surface area (TPSA) is 233 Å². The molecule has 0 heterocycles. The number of benzene rings is 6. The minimum absolute atomic E-state index is 0.0139. The van der Waals surface area contributed by atoms with Crippen LogP contribution in [-0.2, 0) is 80.9 Å². The predicted octanol–water partition coefficient (Wildman–Crippen LogP) is 12.8. The molecule has 8 N–H and O–H groups in total. The summed E-state index contributed by atoms with van der Waals surface area (Å²) in [4.78, 5) is 79.9. The number of Topliss-reactive ketones (excluding diaryl/α,β-unsaturated/α-hetero) is 2. The summed E-state index contributed by atoms with van der Waals surface area (Å²) in [5.41, 5.74) is 19.6. The van der Waals surface area contributed by atoms with Crippen LogP contribution in [0.5, 0.6) is 0 Å². The Morgan fingerprint density at radius 3 is 1.22 bits per heavy atom. The molecule has 0 aliphatic rings. The predicted molar refractivity (Wildman–Crippen MR) is 363 cm³/mol. The molecule has 0 fully saturated rings. The number of hydrogen-bond donors (Lipinski definition) is 6. The maximum atomic E-state index is 13.4. The van der Waals surface area contributed by atoms with Gasteiger partial charge in [-0.15, -0.1) is 0 Å². The molecule has 4 amide bonds. The standard InChI is InChI=1S/C32H36BrN4O3.C32H35Cl2N4O3.2HI.2Po/c1-2-3-7-30(39)36-20-24-8-10-25(11-9-24)21-37(22-26-5-4-6-28(33)18-26)31(40)17-16-29(38)19-23-12-14-27(15-13-23)32(34)35;1-2-3-4-30(40)37-19-23-5-7-24(8-6-23)20-38(21-25-11-15-28(33)29(34)18-25)31(41)16-14-27(39)17-22-9-12-26(13-10-22)32(35)36;;;;/h4-6,8-15,18H,1-3,7,16-17,19-22H2,(H3,34,35)(H,36,39);5-13,15,18H,1-4,14,16-17,19-21H2,(H3,35,36)(H,37,40);2*1H;;/q;;;;2*+1/p-2. The molecule has 0 saturated heterocycles. The van der Waals surface area contributed by atoms with Crippen LogP contribution in [0.4, 0.5) is 0 Å². The van der Waals surface area contributed by atoms with Gasteiger partial charge in [0.25, 0.3) is 0 Å². The summed E-state index contributed by atoms with van der Waals surface area (Å²) in [5, 5.41) is 21.8. The van der Waals surface area contributed by atoms with Gasteiger partial charge in [0.2, 0.25) is 11.8 Å². The number of amides is 4. The van der Waals surface area contributed by atoms with Crippen molar-refractivity contribution >= 4 is 161 Å². The van der Waals surface area contributed by atoms with Crippen LogP contribution in [0.2, 0.25) is 18.2 Å². The van der Waals surface area contributed by atoms with Crippen molar-refractivity contribution in [2.75, 3.05) is 0 Å². The fourth-order valence-electron chi connectivity index (χ4n) is 8.65. The summed E-state index contributed by atoms with van der Waals surface area (Å²) in [6.07, 6.45) is 6.23. The Morgan fingerprint density at radius 2 is 0.835 bits per heavy atom. The Kier molecular flexibility index (Phi) is 33.4. The van der Waals surface area contributed by atoms with Crippen molar-refractivity contribution in [1.82, 2.24) is 20.4 Å². The number of rotatable bonds is 34. The summed E-state index contributed by atoms with van der Waals surface area (Å²) < 4.78 is 3.55. The Bertz CT molecular complexity index is 3180. The fourth-order valence-corrected chi connectivity index (χ4v) is 17.3. The molecule has 85 heavy (non-hydrogen) atoms. The molecule has 0 bridgehead atoms. The molecule has 0 radical (unpaired) electrons. The molecule has 14 nitrogen and oxygen atoms in total. The third kappa shape index (κ3) is 28.2. The van der Waals surface area contributed by atoms with Gasteiger partial charge in [0, 0.05) is 67.2 Å². The third-order valence-electron chi connectivity index (χ3n) is 13.4. The number of carbonyl (C=O) groups excluding carboxylic acids is 6. The summed E-state index contributed by atoms with van der Waals surface area (Å²) in [6, 6.07) is 42.9. The Hall–Kier alpha value is -4.21. The second-order valence-corrected chi connectivity index (χ2v) is 37.8. The first kappa shape index (κ1) is 71.5. The summed E-state index contributed by atoms with van der Waals surface area (Å²) in [5.74, 6) is -0.168. The molecule has 0 spiro atoms. The van der Waals surface area contributed by atoms with Crippen LogP contribution < -0.4 is 22.1 Å². The first-order valence-corrected chi connectivity index (χ1v) is 51.6. The molecule has 6 aromatic carbocycles. The number of nitrogens with zero attached hydrogens (tertiary/aromatic N) is 2. The zero-order chi connectivity index (χ0) is 61.5. The average molecular weight is 1870 g/mol. The maximum absolute atomic E-state index is 13.4. The number of nitrogens with one attached hydrogen (secondary N) is 4. The average Bonchev–Trinajstić information content (AvgIpc) is 3.63. The van der Waals surface area contributed by atoms with Gasteiger partial charge in [-0.3, -0.25) is 30.0 Å². The van der Waals surface area contributed by atoms with Crippen molar-refractivity contribution in [3.8, 4) is 0 Å². The number of nitrogen functional groups attached to an aromatic ring is 2. The van der Waals surface area contributed by atoms with Crippen molar-refractivity contribution in [2.45, 2.75) is 124 Å². The van der Waals surface area contributed by atoms with E-state index in [1.807, 2.05) is 78.9 Å². The van der Waals surface area contributed by atoms with Crippen molar-refractivity contribution in [3.63, 3.8) is 0 Å². The van der Waals surface area contributed by atoms with Gasteiger partial charge in [0.05, 0.1) is 10.0 Å². The van der Waals surface area contributed by atoms with Crippen LogP contribution in [-0.4, -0.2) is 95.3 Å². The number of ketones is 2. The first-order valence-electron chi connectivity index (χ1n) is 27.7. The largest absolute Gasteiger partial charge is 0.0608 e. The number of carbonyl (C=O) groups is 6. The monoisotopic (exact) mass is 1870 g/mol. The minimum Gasteiger partial charge on any atom is -0.0608 e. The SMILES string of the molecule is N=C(N)c1ccc(CC(=O)CCC(=O)N(Cc2ccc(CNC(=O)CCC[CH2][Po][I])cc2)Cc2ccc(Cl)c(Cl)c2)cc1.N=C(N)c1ccc(CC(=O)CCC(=O)N(Cc2ccc(CNC(=O)CCC[CH2][Po][I])cc2)Cc2cccc(Br)c2)cc1. The van der Waals surface area contributed by atoms with E-state index in [4.69, 9.17) is 45.5 Å². The number of hydrogen-bond acceptors (Lipinski definition) is 8. The Labute approximate surface area is 559 Å². The van der Waals surface area contributed by atoms with E-state index >= 15 is 0 Å². The first-order chi connectivity index (χ1) is 40.9. The van der Waals surface area contributed by atoms with Crippen LogP contribution in [0.15, 0.2) is 144 Å². The van der Waals surface area contributed by atoms with Crippen LogP contribution in [0.1, 0.15) is 120 Å². The van der Waals surface area contributed by atoms with E-state index in [2.05, 4.69) is 62.5 Å². The molecular weight excluding hydrogens is 1800 g/mol. The molecule has 21 heteroatoms. The maximum Gasteiger partial charge on any atom is 0.0460 e. The molecule has 0 aliphatic heterocycles. The van der Waals surface area contributed by atoms with E-state index in [0.717, 1.165) is 74.7 Å². The number of halogens is 5. The molecular formula is C64H71BrCl2I2N8O6Po2. The van der Waals surface area contributed by atoms with E-state index in [-0.39, 0.29) is 124 Å². The van der Waals surface area contributed by atoms with Crippen LogP contribution in [0, 0.1) is 10.8 Å². The van der Waals surface area contributed by atoms with E-state index in [9.17, 15) is 28.8 Å². The van der Waals surface area contributed by atoms with Crippen molar-refractivity contribution in [2.24, 2.45) is 11.5 Å². The van der Waals surface area contributed by atoms with Gasteiger partial charge in [0.15, 0.2) is 0 Å². The van der Waals surface area contributed by atoms with E-state index < -0.39 is 0 Å². The van der Waals surface area contributed by atoms with E-state index in [1.165, 1.54) is 8.16 Å². The van der Waals surface area contributed by atoms with Gasteiger partial charge in [-0.05, 0) is 46.5 Å². The van der Waals surface area contributed by atoms with Gasteiger partial charge in [-0.1, -0.05) is 106 Å². The van der Waals surface area contributed by atoms with Crippen molar-refractivity contribution < 1.29 is 28.8 Å². The molecule has 0 aromatic heterocycles.